The van der Waals surface area contributed by atoms with Gasteiger partial charge >= 0.3 is 5.97 Å². The van der Waals surface area contributed by atoms with Crippen molar-refractivity contribution in [1.29, 1.82) is 0 Å². The number of carbonyl (C=O) groups is 1. The van der Waals surface area contributed by atoms with Crippen molar-refractivity contribution < 1.29 is 9.53 Å². The fourth-order valence-corrected chi connectivity index (χ4v) is 2.77. The van der Waals surface area contributed by atoms with Crippen LogP contribution in [0.15, 0.2) is 18.3 Å². The van der Waals surface area contributed by atoms with Crippen molar-refractivity contribution >= 4 is 23.4 Å². The number of ether oxygens (including phenoxy) is 1. The summed E-state index contributed by atoms with van der Waals surface area (Å²) < 4.78 is 5.58. The largest absolute Gasteiger partial charge is 0.462 e. The van der Waals surface area contributed by atoms with Gasteiger partial charge in [0.25, 0.3) is 0 Å². The molecule has 3 rings (SSSR count). The molecule has 1 aromatic heterocycles. The summed E-state index contributed by atoms with van der Waals surface area (Å²) in [4.78, 5) is 18.3. The molecule has 108 valence electrons. The molecule has 1 aromatic rings. The summed E-state index contributed by atoms with van der Waals surface area (Å²) in [5, 5.41) is 0.649. The molecule has 0 spiro atoms. The molecular formula is C15H19ClN2O2. The van der Waals surface area contributed by atoms with E-state index in [-0.39, 0.29) is 18.0 Å². The van der Waals surface area contributed by atoms with Gasteiger partial charge in [-0.15, -0.1) is 0 Å². The van der Waals surface area contributed by atoms with E-state index in [0.29, 0.717) is 10.9 Å². The fourth-order valence-electron chi connectivity index (χ4n) is 2.66. The van der Waals surface area contributed by atoms with Gasteiger partial charge in [0.15, 0.2) is 0 Å². The molecule has 4 nitrogen and oxygen atoms in total. The van der Waals surface area contributed by atoms with Crippen molar-refractivity contribution in [3.63, 3.8) is 0 Å². The predicted molar refractivity (Wildman–Crippen MR) is 77.8 cm³/mol. The van der Waals surface area contributed by atoms with Gasteiger partial charge in [0.1, 0.15) is 11.9 Å². The zero-order chi connectivity index (χ0) is 14.1. The van der Waals surface area contributed by atoms with E-state index in [1.165, 1.54) is 0 Å². The number of carbonyl (C=O) groups excluding carboxylic acids is 1. The lowest BCUT2D eigenvalue weighted by Crippen LogP contribution is -2.38. The number of anilines is 1. The van der Waals surface area contributed by atoms with Crippen LogP contribution in [0.25, 0.3) is 0 Å². The number of pyridine rings is 1. The summed E-state index contributed by atoms with van der Waals surface area (Å²) in [5.74, 6) is 1.61. The smallest absolute Gasteiger partial charge is 0.309 e. The zero-order valence-corrected chi connectivity index (χ0v) is 12.3. The number of nitrogens with zero attached hydrogens (tertiary/aromatic N) is 2. The third-order valence-electron chi connectivity index (χ3n) is 4.17. The van der Waals surface area contributed by atoms with Crippen molar-refractivity contribution in [2.75, 3.05) is 18.0 Å². The third kappa shape index (κ3) is 3.06. The summed E-state index contributed by atoms with van der Waals surface area (Å²) in [5.41, 5.74) is 0. The molecule has 2 aliphatic rings. The molecule has 0 amide bonds. The average molecular weight is 295 g/mol. The highest BCUT2D eigenvalue weighted by molar-refractivity contribution is 6.30. The van der Waals surface area contributed by atoms with Gasteiger partial charge in [-0.3, -0.25) is 4.79 Å². The standard InChI is InChI=1S/C15H19ClN2O2/c1-10-8-13(10)15(19)20-12-4-6-18(7-5-12)14-3-2-11(16)9-17-14/h2-3,9-10,12-13H,4-8H2,1H3/t10-,13-/m0/s1. The van der Waals surface area contributed by atoms with E-state index in [1.807, 2.05) is 12.1 Å². The molecule has 5 heteroatoms. The Morgan fingerprint density at radius 2 is 2.10 bits per heavy atom. The van der Waals surface area contributed by atoms with E-state index in [0.717, 1.165) is 38.2 Å². The Labute approximate surface area is 124 Å². The van der Waals surface area contributed by atoms with Gasteiger partial charge in [-0.2, -0.15) is 0 Å². The average Bonchev–Trinajstić information content (AvgIpc) is 3.18. The van der Waals surface area contributed by atoms with Crippen molar-refractivity contribution in [3.05, 3.63) is 23.4 Å². The van der Waals surface area contributed by atoms with Crippen LogP contribution in [0.4, 0.5) is 5.82 Å². The Bertz CT molecular complexity index is 483. The summed E-state index contributed by atoms with van der Waals surface area (Å²) in [6.45, 7) is 3.83. The Morgan fingerprint density at radius 1 is 1.40 bits per heavy atom. The lowest BCUT2D eigenvalue weighted by Gasteiger charge is -2.32. The Kier molecular flexibility index (Phi) is 3.83. The summed E-state index contributed by atoms with van der Waals surface area (Å²) in [7, 11) is 0. The number of aromatic nitrogens is 1. The molecule has 1 aliphatic heterocycles. The second-order valence-corrected chi connectivity index (χ2v) is 6.21. The maximum Gasteiger partial charge on any atom is 0.309 e. The second-order valence-electron chi connectivity index (χ2n) is 5.78. The van der Waals surface area contributed by atoms with Crippen LogP contribution in [0.1, 0.15) is 26.2 Å². The lowest BCUT2D eigenvalue weighted by molar-refractivity contribution is -0.151. The topological polar surface area (TPSA) is 42.4 Å². The Morgan fingerprint density at radius 3 is 2.65 bits per heavy atom. The van der Waals surface area contributed by atoms with Gasteiger partial charge in [-0.1, -0.05) is 18.5 Å². The molecule has 0 radical (unpaired) electrons. The van der Waals surface area contributed by atoms with E-state index in [1.54, 1.807) is 6.20 Å². The summed E-state index contributed by atoms with van der Waals surface area (Å²) >= 11 is 5.84. The van der Waals surface area contributed by atoms with Crippen LogP contribution >= 0.6 is 11.6 Å². The van der Waals surface area contributed by atoms with Gasteiger partial charge in [0, 0.05) is 32.1 Å². The highest BCUT2D eigenvalue weighted by atomic mass is 35.5. The number of rotatable bonds is 3. The molecule has 1 saturated heterocycles. The van der Waals surface area contributed by atoms with Crippen LogP contribution in [0.5, 0.6) is 0 Å². The van der Waals surface area contributed by atoms with E-state index in [9.17, 15) is 4.79 Å². The highest BCUT2D eigenvalue weighted by Crippen LogP contribution is 2.39. The first-order valence-electron chi connectivity index (χ1n) is 7.20. The normalized spacial score (nSPS) is 26.4. The number of hydrogen-bond acceptors (Lipinski definition) is 4. The molecule has 0 N–H and O–H groups in total. The minimum atomic E-state index is 0.000526. The minimum absolute atomic E-state index is 0.000526. The van der Waals surface area contributed by atoms with Crippen LogP contribution in [-0.4, -0.2) is 30.1 Å². The quantitative estimate of drug-likeness (QED) is 0.804. The van der Waals surface area contributed by atoms with Gasteiger partial charge in [-0.05, 0) is 24.5 Å². The predicted octanol–water partition coefficient (Wildman–Crippen LogP) is 2.90. The SMILES string of the molecule is C[C@H]1C[C@@H]1C(=O)OC1CCN(c2ccc(Cl)cn2)CC1. The molecule has 1 saturated carbocycles. The van der Waals surface area contributed by atoms with Gasteiger partial charge in [0.05, 0.1) is 10.9 Å². The van der Waals surface area contributed by atoms with Gasteiger partial charge in [-0.25, -0.2) is 4.98 Å². The van der Waals surface area contributed by atoms with Gasteiger partial charge in [0.2, 0.25) is 0 Å². The molecule has 20 heavy (non-hydrogen) atoms. The number of piperidine rings is 1. The van der Waals surface area contributed by atoms with Crippen LogP contribution in [0.3, 0.4) is 0 Å². The zero-order valence-electron chi connectivity index (χ0n) is 11.6. The second kappa shape index (κ2) is 5.60. The first-order chi connectivity index (χ1) is 9.63. The molecule has 2 heterocycles. The number of halogens is 1. The first-order valence-corrected chi connectivity index (χ1v) is 7.58. The van der Waals surface area contributed by atoms with Crippen molar-refractivity contribution in [2.45, 2.75) is 32.3 Å². The fraction of sp³-hybridized carbons (Fsp3) is 0.600. The monoisotopic (exact) mass is 294 g/mol. The minimum Gasteiger partial charge on any atom is -0.462 e. The third-order valence-corrected chi connectivity index (χ3v) is 4.40. The number of hydrogen-bond donors (Lipinski definition) is 0. The van der Waals surface area contributed by atoms with E-state index < -0.39 is 0 Å². The van der Waals surface area contributed by atoms with Gasteiger partial charge < -0.3 is 9.64 Å². The first kappa shape index (κ1) is 13.7. The van der Waals surface area contributed by atoms with Crippen LogP contribution in [0.2, 0.25) is 5.02 Å². The Hall–Kier alpha value is -1.29. The summed E-state index contributed by atoms with van der Waals surface area (Å²) in [6.07, 6.45) is 4.47. The molecule has 0 bridgehead atoms. The molecule has 2 fully saturated rings. The van der Waals surface area contributed by atoms with Crippen LogP contribution in [-0.2, 0) is 9.53 Å². The maximum atomic E-state index is 11.8. The van der Waals surface area contributed by atoms with Crippen LogP contribution in [0, 0.1) is 11.8 Å². The molecule has 1 aliphatic carbocycles. The summed E-state index contributed by atoms with van der Waals surface area (Å²) in [6, 6.07) is 3.78. The highest BCUT2D eigenvalue weighted by Gasteiger charge is 2.41. The van der Waals surface area contributed by atoms with Crippen LogP contribution < -0.4 is 4.90 Å². The van der Waals surface area contributed by atoms with Crippen molar-refractivity contribution in [1.82, 2.24) is 4.98 Å². The Balaban J connectivity index is 1.49. The van der Waals surface area contributed by atoms with Crippen molar-refractivity contribution in [2.24, 2.45) is 11.8 Å². The van der Waals surface area contributed by atoms with E-state index >= 15 is 0 Å². The van der Waals surface area contributed by atoms with E-state index in [2.05, 4.69) is 16.8 Å². The number of esters is 1. The molecule has 2 atom stereocenters. The maximum absolute atomic E-state index is 11.8. The van der Waals surface area contributed by atoms with Crippen molar-refractivity contribution in [3.8, 4) is 0 Å². The molecule has 0 aromatic carbocycles. The lowest BCUT2D eigenvalue weighted by atomic mass is 10.1. The van der Waals surface area contributed by atoms with E-state index in [4.69, 9.17) is 16.3 Å². The molecule has 0 unspecified atom stereocenters. The molecular weight excluding hydrogens is 276 g/mol.